The highest BCUT2D eigenvalue weighted by Crippen LogP contribution is 2.45. The lowest BCUT2D eigenvalue weighted by atomic mass is 9.77. The van der Waals surface area contributed by atoms with Gasteiger partial charge in [0.1, 0.15) is 11.5 Å². The number of anilines is 1. The van der Waals surface area contributed by atoms with Crippen molar-refractivity contribution < 1.29 is 33.4 Å². The Kier molecular flexibility index (Phi) is 9.50. The summed E-state index contributed by atoms with van der Waals surface area (Å²) in [6.45, 7) is 3.36. The summed E-state index contributed by atoms with van der Waals surface area (Å²) >= 11 is 0. The predicted molar refractivity (Wildman–Crippen MR) is 192 cm³/mol. The van der Waals surface area contributed by atoms with Crippen molar-refractivity contribution in [2.75, 3.05) is 19.1 Å². The molecule has 2 heterocycles. The number of rotatable bonds is 8. The maximum Gasteiger partial charge on any atom is 0.338 e. The number of aryl methyl sites for hydroxylation is 1. The minimum Gasteiger partial charge on any atom is -0.497 e. The number of hydrazone groups is 1. The number of esters is 1. The molecule has 5 atom stereocenters. The second-order valence-electron chi connectivity index (χ2n) is 13.9. The molecule has 5 unspecified atom stereocenters. The van der Waals surface area contributed by atoms with Crippen molar-refractivity contribution in [1.82, 2.24) is 5.01 Å². The van der Waals surface area contributed by atoms with Crippen LogP contribution in [0.25, 0.3) is 6.08 Å². The van der Waals surface area contributed by atoms with Crippen LogP contribution in [-0.4, -0.2) is 54.7 Å². The van der Waals surface area contributed by atoms with Gasteiger partial charge in [0, 0.05) is 5.92 Å². The van der Waals surface area contributed by atoms with Gasteiger partial charge in [0.25, 0.3) is 5.91 Å². The molecule has 3 aromatic rings. The van der Waals surface area contributed by atoms with Gasteiger partial charge in [-0.15, -0.1) is 0 Å². The molecule has 10 heteroatoms. The van der Waals surface area contributed by atoms with Crippen molar-refractivity contribution in [2.45, 2.75) is 70.9 Å². The van der Waals surface area contributed by atoms with E-state index < -0.39 is 24.0 Å². The molecule has 7 rings (SSSR count). The lowest BCUT2D eigenvalue weighted by Crippen LogP contribution is -2.39. The maximum atomic E-state index is 14.2. The molecule has 2 saturated carbocycles. The number of amides is 3. The number of carbonyl (C=O) groups is 4. The summed E-state index contributed by atoms with van der Waals surface area (Å²) in [4.78, 5) is 55.8. The van der Waals surface area contributed by atoms with Crippen LogP contribution in [0.15, 0.2) is 77.4 Å². The van der Waals surface area contributed by atoms with Gasteiger partial charge in [-0.1, -0.05) is 43.2 Å². The number of fused-ring (bicyclic) bond motifs is 2. The third-order valence-corrected chi connectivity index (χ3v) is 10.8. The Morgan fingerprint density at radius 3 is 2.06 bits per heavy atom. The number of nitrogens with zero attached hydrogens (tertiary/aromatic N) is 3. The van der Waals surface area contributed by atoms with Crippen molar-refractivity contribution in [3.63, 3.8) is 0 Å². The normalized spacial score (nSPS) is 24.2. The zero-order valence-corrected chi connectivity index (χ0v) is 29.5. The van der Waals surface area contributed by atoms with E-state index in [1.54, 1.807) is 33.3 Å². The summed E-state index contributed by atoms with van der Waals surface area (Å²) in [5.74, 6) is -0.782. The fraction of sp³-hybridized carbons (Fsp3) is 0.390. The van der Waals surface area contributed by atoms with Crippen molar-refractivity contribution >= 4 is 41.2 Å². The van der Waals surface area contributed by atoms with E-state index in [1.807, 2.05) is 55.5 Å². The number of ether oxygens (including phenoxy) is 3. The number of hydrogen-bond acceptors (Lipinski definition) is 8. The molecule has 2 aliphatic carbocycles. The Hall–Kier alpha value is -5.25. The number of imide groups is 1. The molecule has 1 saturated heterocycles. The van der Waals surface area contributed by atoms with E-state index in [4.69, 9.17) is 19.3 Å². The Morgan fingerprint density at radius 1 is 0.824 bits per heavy atom. The molecule has 0 bridgehead atoms. The van der Waals surface area contributed by atoms with Crippen LogP contribution in [0.2, 0.25) is 0 Å². The van der Waals surface area contributed by atoms with Gasteiger partial charge in [-0.2, -0.15) is 5.10 Å². The number of carbonyl (C=O) groups excluding carboxylic acids is 4. The first-order chi connectivity index (χ1) is 24.7. The molecule has 0 spiro atoms. The average Bonchev–Trinajstić information content (AvgIpc) is 3.67. The Morgan fingerprint density at radius 2 is 1.43 bits per heavy atom. The largest absolute Gasteiger partial charge is 0.497 e. The minimum absolute atomic E-state index is 0.0534. The molecule has 0 radical (unpaired) electrons. The fourth-order valence-electron chi connectivity index (χ4n) is 8.06. The quantitative estimate of drug-likeness (QED) is 0.184. The fourth-order valence-corrected chi connectivity index (χ4v) is 8.06. The summed E-state index contributed by atoms with van der Waals surface area (Å²) in [5, 5.41) is 6.44. The number of allylic oxidation sites excluding steroid dienone is 1. The highest BCUT2D eigenvalue weighted by molar-refractivity contribution is 6.22. The first-order valence-corrected chi connectivity index (χ1v) is 17.8. The van der Waals surface area contributed by atoms with Gasteiger partial charge < -0.3 is 14.2 Å². The summed E-state index contributed by atoms with van der Waals surface area (Å²) in [6.07, 6.45) is 6.80. The Balaban J connectivity index is 1.15. The molecule has 0 N–H and O–H groups in total. The van der Waals surface area contributed by atoms with Crippen LogP contribution >= 0.6 is 0 Å². The van der Waals surface area contributed by atoms with Gasteiger partial charge >= 0.3 is 5.97 Å². The molecule has 3 aromatic carbocycles. The van der Waals surface area contributed by atoms with E-state index >= 15 is 0 Å². The van der Waals surface area contributed by atoms with Crippen molar-refractivity contribution in [3.05, 3.63) is 94.6 Å². The second kappa shape index (κ2) is 14.2. The summed E-state index contributed by atoms with van der Waals surface area (Å²) in [5.41, 5.74) is 5.08. The Bertz CT molecular complexity index is 1890. The third kappa shape index (κ3) is 6.43. The average molecular weight is 690 g/mol. The molecule has 4 aliphatic rings. The van der Waals surface area contributed by atoms with Gasteiger partial charge in [-0.25, -0.2) is 14.7 Å². The molecule has 51 heavy (non-hydrogen) atoms. The number of hydrogen-bond donors (Lipinski definition) is 0. The first-order valence-electron chi connectivity index (χ1n) is 17.8. The third-order valence-electron chi connectivity index (χ3n) is 10.8. The smallest absolute Gasteiger partial charge is 0.338 e. The first kappa shape index (κ1) is 34.2. The van der Waals surface area contributed by atoms with Crippen LogP contribution in [0, 0.1) is 24.7 Å². The zero-order chi connectivity index (χ0) is 35.8. The Labute approximate surface area is 298 Å². The van der Waals surface area contributed by atoms with Crippen LogP contribution in [0.3, 0.4) is 0 Å². The van der Waals surface area contributed by atoms with E-state index in [9.17, 15) is 19.2 Å². The van der Waals surface area contributed by atoms with E-state index in [0.717, 1.165) is 60.3 Å². The van der Waals surface area contributed by atoms with Crippen molar-refractivity contribution in [1.29, 1.82) is 0 Å². The van der Waals surface area contributed by atoms with E-state index in [0.29, 0.717) is 29.8 Å². The van der Waals surface area contributed by atoms with E-state index in [1.165, 1.54) is 16.0 Å². The highest BCUT2D eigenvalue weighted by atomic mass is 16.5. The van der Waals surface area contributed by atoms with Crippen LogP contribution in [0.5, 0.6) is 11.5 Å². The van der Waals surface area contributed by atoms with Gasteiger partial charge in [0.15, 0.2) is 6.10 Å². The maximum absolute atomic E-state index is 14.2. The van der Waals surface area contributed by atoms with Crippen LogP contribution in [0.1, 0.15) is 85.0 Å². The van der Waals surface area contributed by atoms with Crippen LogP contribution in [-0.2, 0) is 19.1 Å². The lowest BCUT2D eigenvalue weighted by Gasteiger charge is -2.30. The molecular weight excluding hydrogens is 646 g/mol. The number of benzene rings is 3. The zero-order valence-electron chi connectivity index (χ0n) is 29.5. The van der Waals surface area contributed by atoms with Crippen molar-refractivity contribution in [3.8, 4) is 11.5 Å². The SMILES string of the molecule is COc1ccc(/C=C2/CCCC3C2=NN(C(=O)C(C)OC(=O)c2ccc(C)c(N4C(=O)C5CCCCC5C4=O)c2)C3c2ccc(OC)cc2)cc1. The molecular formula is C41H43N3O7. The highest BCUT2D eigenvalue weighted by Gasteiger charge is 2.49. The summed E-state index contributed by atoms with van der Waals surface area (Å²) in [6, 6.07) is 19.9. The van der Waals surface area contributed by atoms with Gasteiger partial charge in [-0.05, 0) is 111 Å². The van der Waals surface area contributed by atoms with E-state index in [2.05, 4.69) is 6.08 Å². The van der Waals surface area contributed by atoms with Crippen LogP contribution < -0.4 is 14.4 Å². The van der Waals surface area contributed by atoms with Gasteiger partial charge in [0.05, 0.1) is 49.1 Å². The second-order valence-corrected chi connectivity index (χ2v) is 13.9. The standard InChI is InChI=1S/C41H43N3O7/c1-24-12-15-29(23-35(24)43-39(46)32-9-5-6-10-33(32)40(43)47)41(48)51-25(2)38(45)44-37(27-16-20-31(50-4)21-17-27)34-11-7-8-28(36(34)42-44)22-26-13-18-30(49-3)19-14-26/h12-23,25,32-34,37H,5-11H2,1-4H3/b28-22-. The molecule has 10 nitrogen and oxygen atoms in total. The van der Waals surface area contributed by atoms with Crippen molar-refractivity contribution in [2.24, 2.45) is 22.9 Å². The van der Waals surface area contributed by atoms with Gasteiger partial charge in [-0.3, -0.25) is 14.4 Å². The molecule has 3 amide bonds. The minimum atomic E-state index is -1.17. The number of methoxy groups -OCH3 is 2. The van der Waals surface area contributed by atoms with E-state index in [-0.39, 0.29) is 35.1 Å². The lowest BCUT2D eigenvalue weighted by molar-refractivity contribution is -0.142. The predicted octanol–water partition coefficient (Wildman–Crippen LogP) is 7.06. The van der Waals surface area contributed by atoms with Gasteiger partial charge in [0.2, 0.25) is 11.8 Å². The molecule has 2 aliphatic heterocycles. The topological polar surface area (TPSA) is 115 Å². The molecule has 0 aromatic heterocycles. The summed E-state index contributed by atoms with van der Waals surface area (Å²) < 4.78 is 16.5. The monoisotopic (exact) mass is 689 g/mol. The van der Waals surface area contributed by atoms with Crippen LogP contribution in [0.4, 0.5) is 5.69 Å². The molecule has 3 fully saturated rings. The summed E-state index contributed by atoms with van der Waals surface area (Å²) in [7, 11) is 3.25. The molecule has 264 valence electrons.